The third-order valence-electron chi connectivity index (χ3n) is 2.20. The van der Waals surface area contributed by atoms with E-state index in [1.807, 2.05) is 0 Å². The Morgan fingerprint density at radius 1 is 1.64 bits per heavy atom. The van der Waals surface area contributed by atoms with Gasteiger partial charge in [-0.25, -0.2) is 0 Å². The molecule has 4 heteroatoms. The highest BCUT2D eigenvalue weighted by atomic mass is 16.1. The number of hydrogen-bond acceptors (Lipinski definition) is 3. The molecule has 1 unspecified atom stereocenters. The van der Waals surface area contributed by atoms with Crippen LogP contribution in [0.15, 0.2) is 0 Å². The average Bonchev–Trinajstić information content (AvgIpc) is 2.06. The Balaban J connectivity index is 2.37. The summed E-state index contributed by atoms with van der Waals surface area (Å²) in [6, 6.07) is 0.397. The summed E-state index contributed by atoms with van der Waals surface area (Å²) in [5.41, 5.74) is 5.55. The molecule has 0 spiro atoms. The molecule has 1 rings (SSSR count). The maximum absolute atomic E-state index is 10.2. The summed E-state index contributed by atoms with van der Waals surface area (Å²) < 4.78 is 0. The van der Waals surface area contributed by atoms with Crippen molar-refractivity contribution in [1.29, 1.82) is 0 Å². The molecule has 1 heterocycles. The molecule has 0 saturated carbocycles. The van der Waals surface area contributed by atoms with Gasteiger partial charge >= 0.3 is 0 Å². The van der Waals surface area contributed by atoms with E-state index in [0.29, 0.717) is 12.6 Å². The normalized spacial score (nSPS) is 26.5. The van der Waals surface area contributed by atoms with Crippen LogP contribution in [-0.4, -0.2) is 37.5 Å². The van der Waals surface area contributed by atoms with Gasteiger partial charge in [0, 0.05) is 12.6 Å². The Hall–Kier alpha value is -0.345. The van der Waals surface area contributed by atoms with E-state index < -0.39 is 0 Å². The molecule has 0 aromatic carbocycles. The van der Waals surface area contributed by atoms with Crippen LogP contribution in [0.25, 0.3) is 0 Å². The second-order valence-corrected chi connectivity index (χ2v) is 2.91. The van der Waals surface area contributed by atoms with Gasteiger partial charge in [-0.15, -0.1) is 0 Å². The van der Waals surface area contributed by atoms with E-state index in [2.05, 4.69) is 4.81 Å². The Bertz CT molecular complexity index is 132. The van der Waals surface area contributed by atoms with Gasteiger partial charge in [0.15, 0.2) is 0 Å². The molecule has 0 aliphatic carbocycles. The summed E-state index contributed by atoms with van der Waals surface area (Å²) in [4.78, 5) is 12.2. The molecular weight excluding hydrogens is 139 g/mol. The van der Waals surface area contributed by atoms with Crippen LogP contribution in [0.4, 0.5) is 0 Å². The molecule has 2 N–H and O–H groups in total. The quantitative estimate of drug-likeness (QED) is 0.443. The van der Waals surface area contributed by atoms with Gasteiger partial charge in [0.25, 0.3) is 7.41 Å². The monoisotopic (exact) mass is 153 g/mol. The first kappa shape index (κ1) is 8.75. The average molecular weight is 153 g/mol. The van der Waals surface area contributed by atoms with Gasteiger partial charge < -0.3 is 15.3 Å². The van der Waals surface area contributed by atoms with Crippen LogP contribution < -0.4 is 5.73 Å². The third kappa shape index (κ3) is 2.31. The Morgan fingerprint density at radius 2 is 2.45 bits per heavy atom. The fraction of sp³-hybridized carbons (Fsp3) is 0.857. The second kappa shape index (κ2) is 4.52. The number of carbonyl (C=O) groups excluding carboxylic acids is 1. The smallest absolute Gasteiger partial charge is 0.293 e. The number of carbonyl (C=O) groups is 1. The highest BCUT2D eigenvalue weighted by Gasteiger charge is 2.20. The zero-order chi connectivity index (χ0) is 8.10. The molecule has 3 nitrogen and oxygen atoms in total. The van der Waals surface area contributed by atoms with E-state index in [-0.39, 0.29) is 0 Å². The Morgan fingerprint density at radius 3 is 3.09 bits per heavy atom. The van der Waals surface area contributed by atoms with Gasteiger partial charge in [0.2, 0.25) is 0 Å². The highest BCUT2D eigenvalue weighted by molar-refractivity contribution is 6.64. The van der Waals surface area contributed by atoms with Crippen molar-refractivity contribution in [2.75, 3.05) is 13.1 Å². The van der Waals surface area contributed by atoms with E-state index in [4.69, 9.17) is 5.73 Å². The molecule has 1 aliphatic rings. The van der Waals surface area contributed by atoms with E-state index in [0.717, 1.165) is 19.2 Å². The lowest BCUT2D eigenvalue weighted by atomic mass is 9.87. The molecule has 0 aromatic rings. The Labute approximate surface area is 68.2 Å². The van der Waals surface area contributed by atoms with Crippen molar-refractivity contribution >= 4 is 13.6 Å². The number of nitrogens with two attached hydrogens (primary N) is 1. The van der Waals surface area contributed by atoms with E-state index in [1.54, 1.807) is 7.41 Å². The molecule has 1 radical (unpaired) electrons. The molecule has 1 saturated heterocycles. The van der Waals surface area contributed by atoms with Crippen molar-refractivity contribution in [3.05, 3.63) is 0 Å². The summed E-state index contributed by atoms with van der Waals surface area (Å²) in [7, 11) is 1.61. The summed E-state index contributed by atoms with van der Waals surface area (Å²) in [6.07, 6.45) is 4.39. The van der Waals surface area contributed by atoms with Crippen molar-refractivity contribution in [2.24, 2.45) is 5.73 Å². The van der Waals surface area contributed by atoms with E-state index >= 15 is 0 Å². The lowest BCUT2D eigenvalue weighted by molar-refractivity contribution is 0.265. The number of rotatable bonds is 3. The summed E-state index contributed by atoms with van der Waals surface area (Å²) >= 11 is 0. The van der Waals surface area contributed by atoms with Crippen molar-refractivity contribution in [1.82, 2.24) is 4.81 Å². The van der Waals surface area contributed by atoms with Gasteiger partial charge in [0.05, 0.1) is 6.19 Å². The topological polar surface area (TPSA) is 46.3 Å². The zero-order valence-corrected chi connectivity index (χ0v) is 6.70. The second-order valence-electron chi connectivity index (χ2n) is 2.91. The number of nitrogens with zero attached hydrogens (tertiary/aromatic N) is 1. The minimum absolute atomic E-state index is 0.397. The molecule has 1 atom stereocenters. The molecule has 1 fully saturated rings. The lowest BCUT2D eigenvalue weighted by Gasteiger charge is -2.33. The predicted octanol–water partition coefficient (Wildman–Crippen LogP) is -0.391. The molecular formula is C7H14BN2O. The third-order valence-corrected chi connectivity index (χ3v) is 2.20. The molecule has 1 aliphatic heterocycles. The maximum atomic E-state index is 10.2. The van der Waals surface area contributed by atoms with Crippen LogP contribution in [-0.2, 0) is 4.79 Å². The van der Waals surface area contributed by atoms with Crippen LogP contribution in [0.5, 0.6) is 0 Å². The van der Waals surface area contributed by atoms with E-state index in [9.17, 15) is 4.79 Å². The molecule has 61 valence electrons. The van der Waals surface area contributed by atoms with Crippen molar-refractivity contribution in [3.8, 4) is 0 Å². The number of hydrogen-bond donors (Lipinski definition) is 1. The van der Waals surface area contributed by atoms with E-state index in [1.165, 1.54) is 12.8 Å². The van der Waals surface area contributed by atoms with Gasteiger partial charge in [0.1, 0.15) is 0 Å². The summed E-state index contributed by atoms with van der Waals surface area (Å²) in [6.45, 7) is 1.64. The zero-order valence-electron chi connectivity index (χ0n) is 6.70. The highest BCUT2D eigenvalue weighted by Crippen LogP contribution is 2.13. The predicted molar refractivity (Wildman–Crippen MR) is 45.9 cm³/mol. The first-order valence-electron chi connectivity index (χ1n) is 4.13. The minimum atomic E-state index is 0.397. The fourth-order valence-corrected chi connectivity index (χ4v) is 1.55. The van der Waals surface area contributed by atoms with Crippen molar-refractivity contribution in [2.45, 2.75) is 25.3 Å². The molecule has 0 bridgehead atoms. The minimum Gasteiger partial charge on any atom is -0.336 e. The van der Waals surface area contributed by atoms with Gasteiger partial charge in [-0.3, -0.25) is 0 Å². The lowest BCUT2D eigenvalue weighted by Crippen LogP contribution is -2.46. The van der Waals surface area contributed by atoms with Crippen LogP contribution >= 0.6 is 0 Å². The first-order valence-corrected chi connectivity index (χ1v) is 4.13. The van der Waals surface area contributed by atoms with Gasteiger partial charge in [-0.2, -0.15) is 0 Å². The fourth-order valence-electron chi connectivity index (χ4n) is 1.55. The van der Waals surface area contributed by atoms with Crippen LogP contribution in [0.3, 0.4) is 0 Å². The first-order chi connectivity index (χ1) is 5.38. The standard InChI is InChI=1S/C7H14BN2O/c9-5-7-3-1-2-4-10(7)8-6-11/h6-7H,1-5,9H2. The van der Waals surface area contributed by atoms with Gasteiger partial charge in [-0.1, -0.05) is 6.42 Å². The Kier molecular flexibility index (Phi) is 3.59. The van der Waals surface area contributed by atoms with Gasteiger partial charge in [-0.05, 0) is 19.4 Å². The summed E-state index contributed by atoms with van der Waals surface area (Å²) in [5.74, 6) is 0. The maximum Gasteiger partial charge on any atom is 0.293 e. The number of piperidine rings is 1. The van der Waals surface area contributed by atoms with Crippen LogP contribution in [0.1, 0.15) is 19.3 Å². The largest absolute Gasteiger partial charge is 0.336 e. The van der Waals surface area contributed by atoms with Crippen molar-refractivity contribution in [3.63, 3.8) is 0 Å². The van der Waals surface area contributed by atoms with Crippen LogP contribution in [0, 0.1) is 0 Å². The van der Waals surface area contributed by atoms with Crippen LogP contribution in [0.2, 0.25) is 0 Å². The SMILES string of the molecule is NCC1CCCCN1[B]C=O. The summed E-state index contributed by atoms with van der Waals surface area (Å²) in [5, 5.41) is 0. The molecule has 11 heavy (non-hydrogen) atoms. The molecule has 0 aromatic heterocycles. The van der Waals surface area contributed by atoms with Crippen molar-refractivity contribution < 1.29 is 4.79 Å². The molecule has 0 amide bonds.